The Labute approximate surface area is 163 Å². The summed E-state index contributed by atoms with van der Waals surface area (Å²) in [6.45, 7) is 2.17. The van der Waals surface area contributed by atoms with Crippen molar-refractivity contribution in [3.8, 4) is 0 Å². The van der Waals surface area contributed by atoms with E-state index in [0.717, 1.165) is 24.2 Å². The molecule has 1 aliphatic carbocycles. The van der Waals surface area contributed by atoms with E-state index in [1.807, 2.05) is 43.3 Å². The molecule has 1 fully saturated rings. The minimum atomic E-state index is -0.830. The Morgan fingerprint density at radius 2 is 1.65 bits per heavy atom. The van der Waals surface area contributed by atoms with Crippen molar-refractivity contribution in [3.05, 3.63) is 58.6 Å². The summed E-state index contributed by atoms with van der Waals surface area (Å²) in [6, 6.07) is 14.8. The number of carbonyl (C=O) groups excluding carboxylic acids is 1. The highest BCUT2D eigenvalue weighted by molar-refractivity contribution is 6.30. The summed E-state index contributed by atoms with van der Waals surface area (Å²) in [5.74, 6) is -0.237. The Kier molecular flexibility index (Phi) is 5.94. The fourth-order valence-corrected chi connectivity index (χ4v) is 3.70. The van der Waals surface area contributed by atoms with Gasteiger partial charge in [0.05, 0.1) is 12.6 Å². The van der Waals surface area contributed by atoms with Gasteiger partial charge in [0.15, 0.2) is 5.54 Å². The molecule has 0 saturated heterocycles. The SMILES string of the molecule is CCOC(=O)C1(Nc2ccc(Cl)cc2)CCCC1Nc1ccc(Cl)cc1. The molecular weight excluding hydrogens is 371 g/mol. The van der Waals surface area contributed by atoms with E-state index in [1.165, 1.54) is 0 Å². The maximum Gasteiger partial charge on any atom is 0.333 e. The number of ether oxygens (including phenoxy) is 1. The number of hydrogen-bond acceptors (Lipinski definition) is 4. The molecule has 3 rings (SSSR count). The zero-order valence-corrected chi connectivity index (χ0v) is 16.1. The molecule has 0 aromatic heterocycles. The van der Waals surface area contributed by atoms with Crippen LogP contribution in [-0.2, 0) is 9.53 Å². The summed E-state index contributed by atoms with van der Waals surface area (Å²) in [6.07, 6.45) is 2.48. The van der Waals surface area contributed by atoms with Gasteiger partial charge in [-0.1, -0.05) is 23.2 Å². The first-order chi connectivity index (χ1) is 12.5. The predicted octanol–water partition coefficient (Wildman–Crippen LogP) is 5.37. The molecule has 1 saturated carbocycles. The van der Waals surface area contributed by atoms with Crippen molar-refractivity contribution in [2.24, 2.45) is 0 Å². The first-order valence-electron chi connectivity index (χ1n) is 8.76. The molecule has 2 N–H and O–H groups in total. The van der Waals surface area contributed by atoms with Crippen LogP contribution in [0.2, 0.25) is 10.0 Å². The average Bonchev–Trinajstić information content (AvgIpc) is 3.03. The normalized spacial score (nSPS) is 22.0. The van der Waals surface area contributed by atoms with Crippen LogP contribution in [0.25, 0.3) is 0 Å². The number of nitrogens with one attached hydrogen (secondary N) is 2. The van der Waals surface area contributed by atoms with Crippen LogP contribution in [0.4, 0.5) is 11.4 Å². The van der Waals surface area contributed by atoms with Crippen LogP contribution in [-0.4, -0.2) is 24.2 Å². The van der Waals surface area contributed by atoms with Gasteiger partial charge in [-0.05, 0) is 74.7 Å². The number of carbonyl (C=O) groups is 1. The van der Waals surface area contributed by atoms with Gasteiger partial charge in [0.25, 0.3) is 0 Å². The van der Waals surface area contributed by atoms with Gasteiger partial charge in [0, 0.05) is 21.4 Å². The molecule has 138 valence electrons. The van der Waals surface area contributed by atoms with Gasteiger partial charge in [-0.3, -0.25) is 0 Å². The van der Waals surface area contributed by atoms with Gasteiger partial charge in [-0.25, -0.2) is 4.79 Å². The fraction of sp³-hybridized carbons (Fsp3) is 0.350. The molecule has 2 aromatic carbocycles. The minimum Gasteiger partial charge on any atom is -0.464 e. The zero-order chi connectivity index (χ0) is 18.6. The zero-order valence-electron chi connectivity index (χ0n) is 14.6. The van der Waals surface area contributed by atoms with Crippen molar-refractivity contribution in [2.45, 2.75) is 37.8 Å². The summed E-state index contributed by atoms with van der Waals surface area (Å²) < 4.78 is 5.42. The van der Waals surface area contributed by atoms with E-state index in [-0.39, 0.29) is 12.0 Å². The van der Waals surface area contributed by atoms with E-state index in [9.17, 15) is 4.79 Å². The lowest BCUT2D eigenvalue weighted by molar-refractivity contribution is -0.148. The number of rotatable bonds is 6. The Balaban J connectivity index is 1.88. The summed E-state index contributed by atoms with van der Waals surface area (Å²) in [5, 5.41) is 8.24. The largest absolute Gasteiger partial charge is 0.464 e. The molecule has 4 nitrogen and oxygen atoms in total. The number of anilines is 2. The Morgan fingerprint density at radius 3 is 2.23 bits per heavy atom. The number of esters is 1. The summed E-state index contributed by atoms with van der Waals surface area (Å²) in [5.41, 5.74) is 0.934. The Hall–Kier alpha value is -1.91. The Morgan fingerprint density at radius 1 is 1.08 bits per heavy atom. The van der Waals surface area contributed by atoms with Crippen LogP contribution < -0.4 is 10.6 Å². The quantitative estimate of drug-likeness (QED) is 0.648. The van der Waals surface area contributed by atoms with Crippen molar-refractivity contribution in [2.75, 3.05) is 17.2 Å². The van der Waals surface area contributed by atoms with Gasteiger partial charge in [0.2, 0.25) is 0 Å². The monoisotopic (exact) mass is 392 g/mol. The molecule has 0 spiro atoms. The second-order valence-electron chi connectivity index (χ2n) is 6.42. The molecule has 2 atom stereocenters. The standard InChI is InChI=1S/C20H22Cl2N2O2/c1-2-26-19(25)20(24-17-11-7-15(22)8-12-17)13-3-4-18(20)23-16-9-5-14(21)6-10-16/h5-12,18,23-24H,2-4,13H2,1H3. The van der Waals surface area contributed by atoms with Crippen molar-refractivity contribution < 1.29 is 9.53 Å². The smallest absolute Gasteiger partial charge is 0.333 e. The van der Waals surface area contributed by atoms with Gasteiger partial charge in [0.1, 0.15) is 0 Å². The summed E-state index contributed by atoms with van der Waals surface area (Å²) in [4.78, 5) is 12.9. The van der Waals surface area contributed by atoms with Crippen molar-refractivity contribution in [1.29, 1.82) is 0 Å². The van der Waals surface area contributed by atoms with Gasteiger partial charge in [-0.15, -0.1) is 0 Å². The van der Waals surface area contributed by atoms with E-state index in [0.29, 0.717) is 23.1 Å². The van der Waals surface area contributed by atoms with E-state index < -0.39 is 5.54 Å². The highest BCUT2D eigenvalue weighted by Crippen LogP contribution is 2.37. The molecule has 26 heavy (non-hydrogen) atoms. The van der Waals surface area contributed by atoms with Crippen molar-refractivity contribution in [1.82, 2.24) is 0 Å². The average molecular weight is 393 g/mol. The third-order valence-corrected chi connectivity index (χ3v) is 5.20. The molecule has 2 aromatic rings. The molecule has 1 aliphatic rings. The van der Waals surface area contributed by atoms with Crippen LogP contribution in [0.15, 0.2) is 48.5 Å². The van der Waals surface area contributed by atoms with Crippen LogP contribution in [0.3, 0.4) is 0 Å². The highest BCUT2D eigenvalue weighted by atomic mass is 35.5. The Bertz CT molecular complexity index is 749. The van der Waals surface area contributed by atoms with E-state index in [2.05, 4.69) is 10.6 Å². The minimum absolute atomic E-state index is 0.0987. The maximum absolute atomic E-state index is 12.9. The van der Waals surface area contributed by atoms with Crippen LogP contribution in [0.1, 0.15) is 26.2 Å². The summed E-state index contributed by atoms with van der Waals surface area (Å²) >= 11 is 12.0. The highest BCUT2D eigenvalue weighted by Gasteiger charge is 2.50. The van der Waals surface area contributed by atoms with Crippen LogP contribution in [0.5, 0.6) is 0 Å². The molecule has 0 bridgehead atoms. The first kappa shape index (κ1) is 18.9. The molecule has 0 radical (unpaired) electrons. The lowest BCUT2D eigenvalue weighted by atomic mass is 9.92. The van der Waals surface area contributed by atoms with E-state index in [1.54, 1.807) is 12.1 Å². The van der Waals surface area contributed by atoms with E-state index >= 15 is 0 Å². The number of benzene rings is 2. The van der Waals surface area contributed by atoms with Crippen molar-refractivity contribution >= 4 is 40.5 Å². The third-order valence-electron chi connectivity index (χ3n) is 4.70. The van der Waals surface area contributed by atoms with E-state index in [4.69, 9.17) is 27.9 Å². The maximum atomic E-state index is 12.9. The lowest BCUT2D eigenvalue weighted by Gasteiger charge is -2.36. The second kappa shape index (κ2) is 8.19. The number of halogens is 2. The van der Waals surface area contributed by atoms with Crippen LogP contribution >= 0.6 is 23.2 Å². The van der Waals surface area contributed by atoms with Crippen LogP contribution in [0, 0.1) is 0 Å². The molecule has 0 aliphatic heterocycles. The molecule has 0 heterocycles. The second-order valence-corrected chi connectivity index (χ2v) is 7.29. The molecule has 0 amide bonds. The molecular formula is C20H22Cl2N2O2. The van der Waals surface area contributed by atoms with Gasteiger partial charge in [-0.2, -0.15) is 0 Å². The third kappa shape index (κ3) is 4.08. The molecule has 2 unspecified atom stereocenters. The summed E-state index contributed by atoms with van der Waals surface area (Å²) in [7, 11) is 0. The van der Waals surface area contributed by atoms with Crippen molar-refractivity contribution in [3.63, 3.8) is 0 Å². The van der Waals surface area contributed by atoms with Gasteiger partial charge >= 0.3 is 5.97 Å². The fourth-order valence-electron chi connectivity index (χ4n) is 3.44. The molecule has 6 heteroatoms. The lowest BCUT2D eigenvalue weighted by Crippen LogP contribution is -2.56. The number of hydrogen-bond donors (Lipinski definition) is 2. The van der Waals surface area contributed by atoms with Gasteiger partial charge < -0.3 is 15.4 Å². The predicted molar refractivity (Wildman–Crippen MR) is 107 cm³/mol. The first-order valence-corrected chi connectivity index (χ1v) is 9.52. The topological polar surface area (TPSA) is 50.4 Å².